The number of benzene rings is 4. The first-order valence-electron chi connectivity index (χ1n) is 19.4. The van der Waals surface area contributed by atoms with Crippen molar-refractivity contribution in [3.8, 4) is 16.9 Å². The molecule has 4 N–H and O–H groups in total. The van der Waals surface area contributed by atoms with E-state index in [0.717, 1.165) is 38.2 Å². The first-order chi connectivity index (χ1) is 28.5. The van der Waals surface area contributed by atoms with Gasteiger partial charge in [-0.05, 0) is 85.3 Å². The maximum Gasteiger partial charge on any atom is 0.266 e. The number of nitrogens with one attached hydrogen (secondary N) is 4. The Kier molecular flexibility index (Phi) is 11.9. The van der Waals surface area contributed by atoms with Crippen LogP contribution in [0, 0.1) is 6.92 Å². The van der Waals surface area contributed by atoms with Crippen molar-refractivity contribution < 1.29 is 38.3 Å². The normalized spacial score (nSPS) is 14.8. The molecular formula is C45H42N6O8. The number of rotatable bonds is 15. The molecular weight excluding hydrogens is 753 g/mol. The Hall–Kier alpha value is -7.22. The molecule has 1 aromatic heterocycles. The van der Waals surface area contributed by atoms with Crippen molar-refractivity contribution in [2.75, 3.05) is 25.5 Å². The molecule has 1 saturated heterocycles. The standard InChI is InChI=1S/C45H42N6O8/c1-26-22-27(28-16-18-35-33(23-28)40(34(24-48-35)41(54)46-2)49-29-10-5-3-6-11-29)15-17-31(26)42(55)47-21-8-4-7-12-30(52)25-59-37-14-9-13-32-39(37)45(58)51(44(32)57)36-19-20-38(53)50-43(36)56/h3,5-6,9-11,13-18,22-24,36H,4,7-8,12,19-21,25H2,1-2H3,(H,46,54)(H,47,55)(H,48,49)(H,50,53,56). The summed E-state index contributed by atoms with van der Waals surface area (Å²) in [5.41, 5.74) is 5.81. The maximum atomic E-state index is 13.3. The highest BCUT2D eigenvalue weighted by Gasteiger charge is 2.46. The lowest BCUT2D eigenvalue weighted by Crippen LogP contribution is -2.54. The number of amides is 6. The van der Waals surface area contributed by atoms with Gasteiger partial charge in [0.25, 0.3) is 23.6 Å². The summed E-state index contributed by atoms with van der Waals surface area (Å²) in [6.07, 6.45) is 3.72. The predicted octanol–water partition coefficient (Wildman–Crippen LogP) is 5.65. The molecule has 59 heavy (non-hydrogen) atoms. The molecule has 5 aromatic rings. The Balaban J connectivity index is 0.896. The zero-order valence-corrected chi connectivity index (χ0v) is 32.6. The van der Waals surface area contributed by atoms with E-state index in [2.05, 4.69) is 26.3 Å². The molecule has 3 heterocycles. The highest BCUT2D eigenvalue weighted by atomic mass is 16.5. The van der Waals surface area contributed by atoms with Crippen molar-refractivity contribution in [3.05, 3.63) is 119 Å². The molecule has 0 bridgehead atoms. The molecule has 300 valence electrons. The molecule has 7 rings (SSSR count). The number of aryl methyl sites for hydroxylation is 1. The summed E-state index contributed by atoms with van der Waals surface area (Å²) in [5, 5.41) is 12.0. The fourth-order valence-electron chi connectivity index (χ4n) is 7.33. The van der Waals surface area contributed by atoms with E-state index in [9.17, 15) is 33.6 Å². The number of hydrogen-bond acceptors (Lipinski definition) is 10. The second kappa shape index (κ2) is 17.5. The van der Waals surface area contributed by atoms with Gasteiger partial charge in [0.2, 0.25) is 11.8 Å². The summed E-state index contributed by atoms with van der Waals surface area (Å²) in [6.45, 7) is 2.00. The lowest BCUT2D eigenvalue weighted by Gasteiger charge is -2.27. The van der Waals surface area contributed by atoms with Gasteiger partial charge < -0.3 is 20.7 Å². The highest BCUT2D eigenvalue weighted by Crippen LogP contribution is 2.35. The van der Waals surface area contributed by atoms with Crippen molar-refractivity contribution in [1.29, 1.82) is 0 Å². The Morgan fingerprint density at radius 3 is 2.39 bits per heavy atom. The van der Waals surface area contributed by atoms with Gasteiger partial charge >= 0.3 is 0 Å². The number of pyridine rings is 1. The van der Waals surface area contributed by atoms with Crippen LogP contribution in [-0.2, 0) is 14.4 Å². The number of aromatic nitrogens is 1. The number of hydrogen-bond donors (Lipinski definition) is 4. The van der Waals surface area contributed by atoms with Crippen LogP contribution in [0.3, 0.4) is 0 Å². The number of unbranched alkanes of at least 4 members (excludes halogenated alkanes) is 2. The number of ether oxygens (including phenoxy) is 1. The van der Waals surface area contributed by atoms with Gasteiger partial charge in [-0.15, -0.1) is 0 Å². The Bertz CT molecular complexity index is 2520. The fourth-order valence-corrected chi connectivity index (χ4v) is 7.33. The van der Waals surface area contributed by atoms with Gasteiger partial charge in [-0.2, -0.15) is 0 Å². The molecule has 0 saturated carbocycles. The zero-order chi connectivity index (χ0) is 41.6. The molecule has 2 aliphatic rings. The van der Waals surface area contributed by atoms with Crippen molar-refractivity contribution >= 4 is 63.5 Å². The lowest BCUT2D eigenvalue weighted by atomic mass is 9.97. The maximum absolute atomic E-state index is 13.3. The van der Waals surface area contributed by atoms with Gasteiger partial charge in [0.05, 0.1) is 27.9 Å². The van der Waals surface area contributed by atoms with Crippen LogP contribution in [-0.4, -0.2) is 77.4 Å². The van der Waals surface area contributed by atoms with Crippen molar-refractivity contribution in [2.24, 2.45) is 0 Å². The van der Waals surface area contributed by atoms with E-state index in [4.69, 9.17) is 4.74 Å². The number of carbonyl (C=O) groups is 7. The van der Waals surface area contributed by atoms with Crippen LogP contribution in [0.1, 0.15) is 85.5 Å². The zero-order valence-electron chi connectivity index (χ0n) is 32.6. The molecule has 4 aromatic carbocycles. The van der Waals surface area contributed by atoms with Gasteiger partial charge in [0.15, 0.2) is 5.78 Å². The van der Waals surface area contributed by atoms with E-state index in [1.54, 1.807) is 19.3 Å². The van der Waals surface area contributed by atoms with Gasteiger partial charge in [-0.25, -0.2) is 0 Å². The summed E-state index contributed by atoms with van der Waals surface area (Å²) >= 11 is 0. The molecule has 6 amide bonds. The molecule has 14 heteroatoms. The number of fused-ring (bicyclic) bond motifs is 2. The number of nitrogens with zero attached hydrogens (tertiary/aromatic N) is 2. The number of Topliss-reactive ketones (excluding diaryl/α,β-unsaturated/α-hetero) is 1. The smallest absolute Gasteiger partial charge is 0.266 e. The first-order valence-corrected chi connectivity index (χ1v) is 19.4. The highest BCUT2D eigenvalue weighted by molar-refractivity contribution is 6.24. The molecule has 0 aliphatic carbocycles. The summed E-state index contributed by atoms with van der Waals surface area (Å²) < 4.78 is 5.70. The van der Waals surface area contributed by atoms with E-state index in [-0.39, 0.29) is 60.3 Å². The third kappa shape index (κ3) is 8.56. The SMILES string of the molecule is CNC(=O)c1cnc2ccc(-c3ccc(C(=O)NCCCCCC(=O)COc4cccc5c4C(=O)N(C4CCC(=O)NC4=O)C5=O)c(C)c3)cc2c1Nc1ccccc1. The second-order valence-electron chi connectivity index (χ2n) is 14.4. The third-order valence-corrected chi connectivity index (χ3v) is 10.4. The predicted molar refractivity (Wildman–Crippen MR) is 219 cm³/mol. The van der Waals surface area contributed by atoms with Crippen molar-refractivity contribution in [2.45, 2.75) is 51.5 Å². The Morgan fingerprint density at radius 2 is 1.63 bits per heavy atom. The number of piperidine rings is 1. The fraction of sp³-hybridized carbons (Fsp3) is 0.244. The van der Waals surface area contributed by atoms with Crippen LogP contribution in [0.25, 0.3) is 22.0 Å². The Labute approximate surface area is 339 Å². The number of ketones is 1. The molecule has 2 aliphatic heterocycles. The summed E-state index contributed by atoms with van der Waals surface area (Å²) in [5.74, 6) is -3.11. The van der Waals surface area contributed by atoms with E-state index >= 15 is 0 Å². The van der Waals surface area contributed by atoms with Gasteiger partial charge in [-0.3, -0.25) is 48.8 Å². The van der Waals surface area contributed by atoms with Crippen LogP contribution >= 0.6 is 0 Å². The van der Waals surface area contributed by atoms with E-state index in [0.29, 0.717) is 42.6 Å². The number of imide groups is 2. The molecule has 14 nitrogen and oxygen atoms in total. The molecule has 1 atom stereocenters. The summed E-state index contributed by atoms with van der Waals surface area (Å²) in [6, 6.07) is 24.5. The molecule has 0 radical (unpaired) electrons. The molecule has 1 fully saturated rings. The third-order valence-electron chi connectivity index (χ3n) is 10.4. The monoisotopic (exact) mass is 794 g/mol. The lowest BCUT2D eigenvalue weighted by molar-refractivity contribution is -0.136. The minimum absolute atomic E-state index is 0.00835. The average Bonchev–Trinajstić information content (AvgIpc) is 3.49. The van der Waals surface area contributed by atoms with E-state index in [1.165, 1.54) is 18.2 Å². The largest absolute Gasteiger partial charge is 0.485 e. The van der Waals surface area contributed by atoms with E-state index < -0.39 is 29.7 Å². The van der Waals surface area contributed by atoms with Gasteiger partial charge in [-0.1, -0.05) is 48.9 Å². The molecule has 0 spiro atoms. The van der Waals surface area contributed by atoms with Crippen LogP contribution < -0.4 is 26.0 Å². The second-order valence-corrected chi connectivity index (χ2v) is 14.4. The van der Waals surface area contributed by atoms with E-state index in [1.807, 2.05) is 67.6 Å². The molecule has 1 unspecified atom stereocenters. The minimum atomic E-state index is -1.10. The van der Waals surface area contributed by atoms with Crippen LogP contribution in [0.15, 0.2) is 91.1 Å². The average molecular weight is 795 g/mol. The number of carbonyl (C=O) groups excluding carboxylic acids is 7. The van der Waals surface area contributed by atoms with Crippen molar-refractivity contribution in [3.63, 3.8) is 0 Å². The topological polar surface area (TPSA) is 193 Å². The Morgan fingerprint density at radius 1 is 0.847 bits per heavy atom. The van der Waals surface area contributed by atoms with Gasteiger partial charge in [0, 0.05) is 49.3 Å². The van der Waals surface area contributed by atoms with Crippen LogP contribution in [0.4, 0.5) is 11.4 Å². The quantitative estimate of drug-likeness (QED) is 0.0760. The number of para-hydroxylation sites is 1. The van der Waals surface area contributed by atoms with Crippen LogP contribution in [0.5, 0.6) is 5.75 Å². The van der Waals surface area contributed by atoms with Crippen LogP contribution in [0.2, 0.25) is 0 Å². The summed E-state index contributed by atoms with van der Waals surface area (Å²) in [7, 11) is 1.58. The first kappa shape index (κ1) is 40.0. The van der Waals surface area contributed by atoms with Crippen molar-refractivity contribution in [1.82, 2.24) is 25.8 Å². The number of anilines is 2. The minimum Gasteiger partial charge on any atom is -0.485 e. The summed E-state index contributed by atoms with van der Waals surface area (Å²) in [4.78, 5) is 94.3. The van der Waals surface area contributed by atoms with Gasteiger partial charge in [0.1, 0.15) is 18.4 Å².